The molecule has 0 bridgehead atoms. The molecule has 0 N–H and O–H groups in total. The van der Waals surface area contributed by atoms with Crippen LogP contribution < -0.4 is 0 Å². The van der Waals surface area contributed by atoms with Crippen LogP contribution in [0.3, 0.4) is 0 Å². The van der Waals surface area contributed by atoms with Gasteiger partial charge in [-0.3, -0.25) is 4.18 Å². The monoisotopic (exact) mass is 220 g/mol. The molecule has 1 unspecified atom stereocenters. The molecule has 2 aromatic rings. The Bertz CT molecular complexity index is 556. The third kappa shape index (κ3) is 1.53. The van der Waals surface area contributed by atoms with E-state index < -0.39 is 11.1 Å². The van der Waals surface area contributed by atoms with Crippen LogP contribution in [0, 0.1) is 0 Å². The highest BCUT2D eigenvalue weighted by Crippen LogP contribution is 2.19. The van der Waals surface area contributed by atoms with Crippen LogP contribution in [0.25, 0.3) is 11.0 Å². The third-order valence-corrected chi connectivity index (χ3v) is 3.20. The average Bonchev–Trinajstić information content (AvgIpc) is 2.26. The van der Waals surface area contributed by atoms with Crippen LogP contribution >= 0.6 is 0 Å². The highest BCUT2D eigenvalue weighted by molar-refractivity contribution is 7.79. The van der Waals surface area contributed by atoms with E-state index in [4.69, 9.17) is 4.18 Å². The smallest absolute Gasteiger partial charge is 0.162 e. The van der Waals surface area contributed by atoms with E-state index in [0.717, 1.165) is 22.4 Å². The molecule has 15 heavy (non-hydrogen) atoms. The first kappa shape index (κ1) is 8.94. The van der Waals surface area contributed by atoms with Crippen molar-refractivity contribution in [2.24, 2.45) is 0 Å². The van der Waals surface area contributed by atoms with Crippen LogP contribution in [0.1, 0.15) is 11.4 Å². The SMILES string of the molecule is O=S1Cc2nc3ccccc3nc2CO1. The summed E-state index contributed by atoms with van der Waals surface area (Å²) in [6, 6.07) is 7.65. The van der Waals surface area contributed by atoms with Gasteiger partial charge >= 0.3 is 0 Å². The second kappa shape index (κ2) is 3.36. The van der Waals surface area contributed by atoms with Crippen molar-refractivity contribution >= 4 is 22.1 Å². The maximum atomic E-state index is 11.2. The van der Waals surface area contributed by atoms with Gasteiger partial charge in [0.25, 0.3) is 0 Å². The maximum Gasteiger partial charge on any atom is 0.162 e. The Kier molecular flexibility index (Phi) is 2.00. The number of aromatic nitrogens is 2. The Morgan fingerprint density at radius 2 is 1.80 bits per heavy atom. The van der Waals surface area contributed by atoms with Crippen molar-refractivity contribution in [1.29, 1.82) is 0 Å². The van der Waals surface area contributed by atoms with Gasteiger partial charge in [-0.05, 0) is 12.1 Å². The minimum Gasteiger partial charge on any atom is -0.284 e. The average molecular weight is 220 g/mol. The van der Waals surface area contributed by atoms with E-state index in [0.29, 0.717) is 12.4 Å². The first-order chi connectivity index (χ1) is 7.33. The van der Waals surface area contributed by atoms with Gasteiger partial charge in [0.05, 0.1) is 28.2 Å². The van der Waals surface area contributed by atoms with Crippen molar-refractivity contribution in [1.82, 2.24) is 9.97 Å². The van der Waals surface area contributed by atoms with Gasteiger partial charge in [-0.1, -0.05) is 12.1 Å². The highest BCUT2D eigenvalue weighted by atomic mass is 32.2. The minimum atomic E-state index is -1.25. The van der Waals surface area contributed by atoms with Crippen LogP contribution in [0.15, 0.2) is 24.3 Å². The fourth-order valence-electron chi connectivity index (χ4n) is 1.58. The lowest BCUT2D eigenvalue weighted by atomic mass is 10.2. The molecular weight excluding hydrogens is 212 g/mol. The molecule has 0 radical (unpaired) electrons. The Balaban J connectivity index is 2.24. The van der Waals surface area contributed by atoms with Crippen molar-refractivity contribution in [2.45, 2.75) is 12.4 Å². The Morgan fingerprint density at radius 1 is 1.13 bits per heavy atom. The normalized spacial score (nSPS) is 20.1. The number of rotatable bonds is 0. The number of fused-ring (bicyclic) bond motifs is 2. The zero-order valence-corrected chi connectivity index (χ0v) is 8.66. The van der Waals surface area contributed by atoms with Crippen LogP contribution in [0.2, 0.25) is 0 Å². The van der Waals surface area contributed by atoms with E-state index in [1.807, 2.05) is 24.3 Å². The predicted octanol–water partition coefficient (Wildman–Crippen LogP) is 1.32. The van der Waals surface area contributed by atoms with Gasteiger partial charge in [0.2, 0.25) is 0 Å². The van der Waals surface area contributed by atoms with Crippen molar-refractivity contribution < 1.29 is 8.39 Å². The molecule has 0 saturated carbocycles. The Labute approximate surface area is 89.0 Å². The summed E-state index contributed by atoms with van der Waals surface area (Å²) in [4.78, 5) is 8.86. The molecule has 1 aliphatic rings. The minimum absolute atomic E-state index is 0.291. The molecule has 1 aromatic carbocycles. The van der Waals surface area contributed by atoms with Gasteiger partial charge in [0.15, 0.2) is 11.1 Å². The van der Waals surface area contributed by atoms with E-state index in [-0.39, 0.29) is 0 Å². The molecule has 5 heteroatoms. The Morgan fingerprint density at radius 3 is 2.53 bits per heavy atom. The molecule has 1 aliphatic heterocycles. The van der Waals surface area contributed by atoms with E-state index >= 15 is 0 Å². The number of nitrogens with zero attached hydrogens (tertiary/aromatic N) is 2. The molecule has 0 aliphatic carbocycles. The van der Waals surface area contributed by atoms with Crippen molar-refractivity contribution in [2.75, 3.05) is 0 Å². The predicted molar refractivity (Wildman–Crippen MR) is 56.2 cm³/mol. The molecule has 0 saturated heterocycles. The second-order valence-corrected chi connectivity index (χ2v) is 4.45. The molecule has 3 rings (SSSR count). The fourth-order valence-corrected chi connectivity index (χ4v) is 2.36. The van der Waals surface area contributed by atoms with Gasteiger partial charge in [-0.2, -0.15) is 0 Å². The number of hydrogen-bond donors (Lipinski definition) is 0. The summed E-state index contributed by atoms with van der Waals surface area (Å²) in [6.07, 6.45) is 0. The molecule has 1 aromatic heterocycles. The van der Waals surface area contributed by atoms with Crippen LogP contribution in [0.4, 0.5) is 0 Å². The van der Waals surface area contributed by atoms with E-state index in [2.05, 4.69) is 9.97 Å². The summed E-state index contributed by atoms with van der Waals surface area (Å²) in [6.45, 7) is 0.291. The maximum absolute atomic E-state index is 11.2. The molecular formula is C10H8N2O2S. The lowest BCUT2D eigenvalue weighted by Gasteiger charge is -2.13. The van der Waals surface area contributed by atoms with Crippen LogP contribution in [-0.4, -0.2) is 14.2 Å². The first-order valence-corrected chi connectivity index (χ1v) is 5.83. The lowest BCUT2D eigenvalue weighted by molar-refractivity contribution is 0.321. The molecule has 4 nitrogen and oxygen atoms in total. The van der Waals surface area contributed by atoms with Crippen molar-refractivity contribution in [3.8, 4) is 0 Å². The molecule has 0 fully saturated rings. The van der Waals surface area contributed by atoms with E-state index in [1.54, 1.807) is 0 Å². The fraction of sp³-hybridized carbons (Fsp3) is 0.200. The van der Waals surface area contributed by atoms with Crippen LogP contribution in [0.5, 0.6) is 0 Å². The van der Waals surface area contributed by atoms with Crippen molar-refractivity contribution in [3.63, 3.8) is 0 Å². The summed E-state index contributed by atoms with van der Waals surface area (Å²) in [5.41, 5.74) is 3.29. The summed E-state index contributed by atoms with van der Waals surface area (Å²) in [5.74, 6) is 0.340. The summed E-state index contributed by atoms with van der Waals surface area (Å²) < 4.78 is 16.2. The van der Waals surface area contributed by atoms with E-state index in [9.17, 15) is 4.21 Å². The summed E-state index contributed by atoms with van der Waals surface area (Å²) in [5, 5.41) is 0. The van der Waals surface area contributed by atoms with Gasteiger partial charge in [-0.15, -0.1) is 0 Å². The number of benzene rings is 1. The van der Waals surface area contributed by atoms with Gasteiger partial charge in [0, 0.05) is 0 Å². The summed E-state index contributed by atoms with van der Waals surface area (Å²) in [7, 11) is 0. The second-order valence-electron chi connectivity index (χ2n) is 3.32. The number of hydrogen-bond acceptors (Lipinski definition) is 4. The molecule has 0 amide bonds. The molecule has 2 heterocycles. The molecule has 1 atom stereocenters. The quantitative estimate of drug-likeness (QED) is 0.672. The molecule has 0 spiro atoms. The standard InChI is InChI=1S/C10H8N2O2S/c13-15-6-10-9(5-14-15)11-7-3-1-2-4-8(7)12-10/h1-4H,5-6H2. The van der Waals surface area contributed by atoms with Crippen LogP contribution in [-0.2, 0) is 27.6 Å². The van der Waals surface area contributed by atoms with E-state index in [1.165, 1.54) is 0 Å². The third-order valence-electron chi connectivity index (χ3n) is 2.31. The zero-order valence-electron chi connectivity index (χ0n) is 7.84. The van der Waals surface area contributed by atoms with Gasteiger partial charge in [0.1, 0.15) is 6.61 Å². The largest absolute Gasteiger partial charge is 0.284 e. The zero-order chi connectivity index (χ0) is 10.3. The van der Waals surface area contributed by atoms with Gasteiger partial charge < -0.3 is 0 Å². The molecule has 76 valence electrons. The Hall–Kier alpha value is -1.33. The highest BCUT2D eigenvalue weighted by Gasteiger charge is 2.18. The first-order valence-electron chi connectivity index (χ1n) is 4.59. The van der Waals surface area contributed by atoms with Crippen molar-refractivity contribution in [3.05, 3.63) is 35.7 Å². The topological polar surface area (TPSA) is 52.1 Å². The van der Waals surface area contributed by atoms with Gasteiger partial charge in [-0.25, -0.2) is 14.2 Å². The summed E-state index contributed by atoms with van der Waals surface area (Å²) >= 11 is -1.25. The lowest BCUT2D eigenvalue weighted by Crippen LogP contribution is -2.14. The number of para-hydroxylation sites is 2.